The summed E-state index contributed by atoms with van der Waals surface area (Å²) >= 11 is 3.94. The average Bonchev–Trinajstić information content (AvgIpc) is 1.75. The van der Waals surface area contributed by atoms with E-state index in [0.717, 1.165) is 30.9 Å². The molecule has 0 radical (unpaired) electrons. The van der Waals surface area contributed by atoms with E-state index in [0.29, 0.717) is 6.42 Å². The normalized spacial score (nSPS) is 15.2. The van der Waals surface area contributed by atoms with E-state index in [4.69, 9.17) is 50.0 Å². The number of hydrogen-bond donors (Lipinski definition) is 34. The Balaban J connectivity index is 2.49. The third-order valence-electron chi connectivity index (χ3n) is 19.0. The Labute approximate surface area is 752 Å². The van der Waals surface area contributed by atoms with Crippen LogP contribution in [0.15, 0.2) is 24.3 Å². The fraction of sp³-hybridized carbons (Fsp3) is 0.581. The van der Waals surface area contributed by atoms with Crippen LogP contribution in [0.1, 0.15) is 129 Å². The summed E-state index contributed by atoms with van der Waals surface area (Å²) in [5, 5.41) is 132. The number of carboxylic acid groups (broad SMARTS) is 5. The van der Waals surface area contributed by atoms with Crippen molar-refractivity contribution in [2.24, 2.45) is 28.7 Å². The lowest BCUT2D eigenvalue weighted by atomic mass is 10.0. The number of hydrogen-bond acceptors (Lipinski definition) is 29. The van der Waals surface area contributed by atoms with Crippen molar-refractivity contribution in [1.29, 1.82) is 16.2 Å². The molecule has 0 aliphatic carbocycles. The second-order valence-corrected chi connectivity index (χ2v) is 30.1. The third-order valence-corrected chi connectivity index (χ3v) is 19.3. The van der Waals surface area contributed by atoms with Gasteiger partial charge in [0.1, 0.15) is 90.8 Å². The second kappa shape index (κ2) is 58.0. The number of nitrogens with two attached hydrogens (primary N) is 5. The molecule has 0 bridgehead atoms. The fourth-order valence-electron chi connectivity index (χ4n) is 12.2. The quantitative estimate of drug-likeness (QED) is 0.0125. The van der Waals surface area contributed by atoms with E-state index >= 15 is 0 Å². The number of phenolic OH excluding ortho intramolecular Hbond substituents is 1. The van der Waals surface area contributed by atoms with Gasteiger partial charge in [-0.3, -0.25) is 122 Å². The number of nitrogens with zero attached hydrogens (tertiary/aromatic N) is 1. The van der Waals surface area contributed by atoms with E-state index < -0.39 is 323 Å². The lowest BCUT2D eigenvalue weighted by Gasteiger charge is -2.29. The molecule has 0 unspecified atom stereocenters. The first-order chi connectivity index (χ1) is 61.4. The minimum Gasteiger partial charge on any atom is -0.508 e. The van der Waals surface area contributed by atoms with Crippen molar-refractivity contribution in [3.05, 3.63) is 29.8 Å². The summed E-state index contributed by atoms with van der Waals surface area (Å²) in [6.07, 6.45) is -9.70. The van der Waals surface area contributed by atoms with E-state index in [1.54, 1.807) is 0 Å². The van der Waals surface area contributed by atoms with Crippen LogP contribution in [0, 0.1) is 16.2 Å². The molecule has 0 spiro atoms. The van der Waals surface area contributed by atoms with Gasteiger partial charge < -0.3 is 165 Å². The van der Waals surface area contributed by atoms with Crippen molar-refractivity contribution in [1.82, 2.24) is 101 Å². The number of primary amides is 1. The Bertz CT molecular complexity index is 4280. The molecule has 131 heavy (non-hydrogen) atoms. The van der Waals surface area contributed by atoms with Crippen molar-refractivity contribution in [2.45, 2.75) is 221 Å². The number of aliphatic hydroxyl groups is 1. The summed E-state index contributed by atoms with van der Waals surface area (Å²) < 4.78 is 0. The van der Waals surface area contributed by atoms with Gasteiger partial charge in [-0.2, -0.15) is 12.6 Å². The smallest absolute Gasteiger partial charge is 0.322 e. The number of benzene rings is 1. The molecule has 2 rings (SSSR count). The van der Waals surface area contributed by atoms with Gasteiger partial charge in [-0.15, -0.1) is 0 Å². The maximum Gasteiger partial charge on any atom is 0.322 e. The molecular weight excluding hydrogens is 1760 g/mol. The molecule has 1 heterocycles. The maximum absolute atomic E-state index is 14.6. The summed E-state index contributed by atoms with van der Waals surface area (Å²) in [6.45, 7) is 0.357. The van der Waals surface area contributed by atoms with Crippen molar-refractivity contribution in [2.75, 3.05) is 51.6 Å². The van der Waals surface area contributed by atoms with E-state index in [9.17, 15) is 136 Å². The first kappa shape index (κ1) is 113. The Morgan fingerprint density at radius 2 is 0.794 bits per heavy atom. The highest BCUT2D eigenvalue weighted by Gasteiger charge is 2.41. The molecule has 1 fully saturated rings. The first-order valence-corrected chi connectivity index (χ1v) is 41.3. The summed E-state index contributed by atoms with van der Waals surface area (Å²) in [5.41, 5.74) is 27.8. The number of aromatic hydroxyl groups is 1. The van der Waals surface area contributed by atoms with Crippen LogP contribution in [0.4, 0.5) is 0 Å². The van der Waals surface area contributed by atoms with Crippen LogP contribution in [0.5, 0.6) is 5.75 Å². The van der Waals surface area contributed by atoms with Crippen LogP contribution in [0.25, 0.3) is 0 Å². The number of guanidine groups is 3. The first-order valence-electron chi connectivity index (χ1n) is 40.6. The van der Waals surface area contributed by atoms with Crippen LogP contribution in [0.2, 0.25) is 0 Å². The number of likely N-dealkylation sites (tertiary alicyclic amines) is 1. The molecule has 57 heteroatoms. The monoisotopic (exact) mass is 1880 g/mol. The standard InChI is InChI=1S/C74H117N27O29S/c1-33(89-60(119)38(75)8-4-22-83-72(77)78)59(118)96-43(18-21-54(111)112)71(130)101-25-7-11-48(101)69(128)87-30-51(106)100-57(35(3)102)70(129)95-42(17-20-53(109)110)63(122)90-34(2)58(117)92-39(9-5-23-84-73(79)80)64(123)93-40(10-6-24-85-74(81)82)65(124)98-45(27-49(76)104)67(126)97-44(26-36-12-14-37(103)15-13-36)66(125)99-46(28-55(113)114)68(127)94-41(16-19-52(107)108)61(120)86-29-50(105)91-47(32-131)62(121)88-31-56(115)116/h12-15,33-35,38-48,57,102-103,131H,4-11,16-32,75H2,1-3H3,(H2,76,104)(H,86,120)(H,87,128)(H,88,121)(H,89,119)(H,90,122)(H,91,105)(H,92,117)(H,93,123)(H,94,127)(H,95,129)(H,96,118)(H,97,126)(H,98,124)(H,99,125)(H,100,106)(H,107,108)(H,109,110)(H,111,112)(H,113,114)(H,115,116)(H4,77,78,83)(H4,79,80,84)(H4,81,82,85)/t33-,34-,35+,38-,39-,40-,41-,42-,43-,44-,45-,46-,47-,48-,57-/m0/s1. The average molecular weight is 1880 g/mol. The molecule has 1 aromatic carbocycles. The highest BCUT2D eigenvalue weighted by molar-refractivity contribution is 7.80. The number of carbonyl (C=O) groups is 22. The number of rotatable bonds is 61. The number of carboxylic acids is 5. The van der Waals surface area contributed by atoms with Gasteiger partial charge in [0, 0.05) is 57.6 Å². The van der Waals surface area contributed by atoms with E-state index in [1.165, 1.54) is 19.1 Å². The van der Waals surface area contributed by atoms with Crippen LogP contribution < -0.4 is 124 Å². The molecule has 56 nitrogen and oxygen atoms in total. The number of aliphatic carboxylic acids is 5. The highest BCUT2D eigenvalue weighted by Crippen LogP contribution is 2.21. The van der Waals surface area contributed by atoms with Gasteiger partial charge >= 0.3 is 29.8 Å². The molecule has 0 aromatic heterocycles. The zero-order chi connectivity index (χ0) is 99.1. The predicted octanol–water partition coefficient (Wildman–Crippen LogP) is -13.4. The number of aliphatic hydroxyl groups excluding tert-OH is 1. The Hall–Kier alpha value is -14.6. The molecule has 17 amide bonds. The number of thiol groups is 1. The molecule has 1 aromatic rings. The number of carbonyl (C=O) groups excluding carboxylic acids is 17. The van der Waals surface area contributed by atoms with Crippen molar-refractivity contribution in [3.8, 4) is 5.75 Å². The van der Waals surface area contributed by atoms with Crippen LogP contribution >= 0.6 is 12.6 Å². The van der Waals surface area contributed by atoms with Gasteiger partial charge in [0.25, 0.3) is 0 Å². The molecule has 1 aliphatic heterocycles. The Morgan fingerprint density at radius 1 is 0.412 bits per heavy atom. The maximum atomic E-state index is 14.6. The lowest BCUT2D eigenvalue weighted by Crippen LogP contribution is -2.61. The van der Waals surface area contributed by atoms with E-state index in [1.807, 2.05) is 5.32 Å². The summed E-state index contributed by atoms with van der Waals surface area (Å²) in [5.74, 6) is -29.7. The molecule has 728 valence electrons. The molecule has 38 N–H and O–H groups in total. The third kappa shape index (κ3) is 44.6. The second-order valence-electron chi connectivity index (χ2n) is 29.8. The summed E-state index contributed by atoms with van der Waals surface area (Å²) in [4.78, 5) is 293. The van der Waals surface area contributed by atoms with Gasteiger partial charge in [-0.1, -0.05) is 12.1 Å². The minimum atomic E-state index is -2.22. The molecule has 15 atom stereocenters. The molecule has 1 saturated heterocycles. The van der Waals surface area contributed by atoms with Crippen molar-refractivity contribution < 1.29 is 141 Å². The molecular formula is C74H117N27O29S. The van der Waals surface area contributed by atoms with Crippen LogP contribution in [-0.4, -0.2) is 331 Å². The van der Waals surface area contributed by atoms with Crippen molar-refractivity contribution >= 4 is 161 Å². The van der Waals surface area contributed by atoms with Crippen molar-refractivity contribution in [3.63, 3.8) is 0 Å². The fourth-order valence-corrected chi connectivity index (χ4v) is 12.4. The number of nitrogens with one attached hydrogen (secondary N) is 21. The zero-order valence-electron chi connectivity index (χ0n) is 71.5. The lowest BCUT2D eigenvalue weighted by molar-refractivity contribution is -0.143. The summed E-state index contributed by atoms with van der Waals surface area (Å²) in [7, 11) is 0. The van der Waals surface area contributed by atoms with E-state index in [-0.39, 0.29) is 81.3 Å². The predicted molar refractivity (Wildman–Crippen MR) is 455 cm³/mol. The summed E-state index contributed by atoms with van der Waals surface area (Å²) in [6, 6.07) is -19.5. The van der Waals surface area contributed by atoms with Gasteiger partial charge in [0.05, 0.1) is 38.1 Å². The molecule has 1 aliphatic rings. The van der Waals surface area contributed by atoms with Crippen LogP contribution in [-0.2, 0) is 112 Å². The SMILES string of the molecule is C[C@H](NC(=O)[C@H](CCC(=O)O)NC(=O)[C@@H](NC(=O)CNC(=O)[C@@H]1CCCN1C(=O)[C@H](CCC(=O)O)NC(=O)[C@H](C)NC(=O)[C@@H](N)CCCNC(=N)N)[C@@H](C)O)C(=O)N[C@@H](CCCNC(=N)N)C(=O)N[C@@H](CCCNC(=N)N)C(=O)N[C@@H](CC(N)=O)C(=O)N[C@@H](Cc1ccc(O)cc1)C(=O)N[C@@H](CC(=O)O)C(=O)N[C@@H](CCC(=O)O)C(=O)NCC(=O)N[C@@H](CS)C(=O)NCC(=O)O. The highest BCUT2D eigenvalue weighted by atomic mass is 32.1. The minimum absolute atomic E-state index is 0.0108. The van der Waals surface area contributed by atoms with E-state index in [2.05, 4.69) is 103 Å². The Morgan fingerprint density at radius 3 is 1.26 bits per heavy atom. The number of amides is 17. The van der Waals surface area contributed by atoms with Gasteiger partial charge in [-0.25, -0.2) is 0 Å². The van der Waals surface area contributed by atoms with Gasteiger partial charge in [0.15, 0.2) is 17.9 Å². The zero-order valence-corrected chi connectivity index (χ0v) is 72.4. The van der Waals surface area contributed by atoms with Crippen LogP contribution in [0.3, 0.4) is 0 Å². The topological polar surface area (TPSA) is 939 Å². The molecule has 0 saturated carbocycles. The van der Waals surface area contributed by atoms with Gasteiger partial charge in [-0.05, 0) is 109 Å². The number of phenols is 1. The van der Waals surface area contributed by atoms with Gasteiger partial charge in [0.2, 0.25) is 100 Å². The largest absolute Gasteiger partial charge is 0.508 e. The Kier molecular flexibility index (Phi) is 49.8.